The van der Waals surface area contributed by atoms with Gasteiger partial charge in [0.05, 0.1) is 0 Å². The predicted octanol–water partition coefficient (Wildman–Crippen LogP) is 1.35. The molecular formula is C11H16Cl2N4. The number of anilines is 1. The zero-order valence-corrected chi connectivity index (χ0v) is 10.9. The summed E-state index contributed by atoms with van der Waals surface area (Å²) in [6, 6.07) is 7.65. The number of hydrogen-bond donors (Lipinski definition) is 3. The molecule has 17 heavy (non-hydrogen) atoms. The molecule has 0 fully saturated rings. The number of nitrogens with two attached hydrogens (primary N) is 2. The van der Waals surface area contributed by atoms with Gasteiger partial charge in [-0.25, -0.2) is 4.99 Å². The summed E-state index contributed by atoms with van der Waals surface area (Å²) in [5.41, 5.74) is 13.0. The smallest absolute Gasteiger partial charge is 0.194 e. The first-order valence-electron chi connectivity index (χ1n) is 4.55. The number of halogens is 2. The van der Waals surface area contributed by atoms with Crippen LogP contribution in [0.1, 0.15) is 5.56 Å². The number of rotatable bonds is 3. The van der Waals surface area contributed by atoms with Crippen molar-refractivity contribution in [1.82, 2.24) is 0 Å². The molecule has 0 amide bonds. The zero-order valence-electron chi connectivity index (χ0n) is 9.22. The molecule has 0 radical (unpaired) electrons. The van der Waals surface area contributed by atoms with Crippen LogP contribution in [0.25, 0.3) is 0 Å². The number of benzene rings is 1. The van der Waals surface area contributed by atoms with Crippen LogP contribution < -0.4 is 16.8 Å². The Bertz CT molecular complexity index is 399. The van der Waals surface area contributed by atoms with Gasteiger partial charge in [0.1, 0.15) is 6.54 Å². The monoisotopic (exact) mass is 274 g/mol. The minimum Gasteiger partial charge on any atom is -0.370 e. The molecule has 0 aromatic heterocycles. The lowest BCUT2D eigenvalue weighted by atomic mass is 10.2. The van der Waals surface area contributed by atoms with E-state index in [-0.39, 0.29) is 31.4 Å². The van der Waals surface area contributed by atoms with E-state index in [0.717, 1.165) is 11.3 Å². The fourth-order valence-corrected chi connectivity index (χ4v) is 1.09. The number of terminal acetylenes is 1. The molecule has 1 aromatic rings. The van der Waals surface area contributed by atoms with Gasteiger partial charge in [0.15, 0.2) is 5.96 Å². The summed E-state index contributed by atoms with van der Waals surface area (Å²) < 4.78 is 0. The van der Waals surface area contributed by atoms with Crippen molar-refractivity contribution in [2.45, 2.75) is 6.54 Å². The van der Waals surface area contributed by atoms with E-state index < -0.39 is 0 Å². The Morgan fingerprint density at radius 3 is 2.71 bits per heavy atom. The van der Waals surface area contributed by atoms with Crippen molar-refractivity contribution in [3.63, 3.8) is 0 Å². The van der Waals surface area contributed by atoms with Crippen molar-refractivity contribution in [1.29, 1.82) is 0 Å². The van der Waals surface area contributed by atoms with Gasteiger partial charge in [0.2, 0.25) is 0 Å². The Balaban J connectivity index is 0. The summed E-state index contributed by atoms with van der Waals surface area (Å²) in [6.45, 7) is 0.770. The Morgan fingerprint density at radius 2 is 2.12 bits per heavy atom. The van der Waals surface area contributed by atoms with E-state index in [1.54, 1.807) is 0 Å². The van der Waals surface area contributed by atoms with Gasteiger partial charge in [-0.2, -0.15) is 0 Å². The minimum atomic E-state index is 0. The third kappa shape index (κ3) is 6.69. The van der Waals surface area contributed by atoms with E-state index in [1.807, 2.05) is 24.3 Å². The van der Waals surface area contributed by atoms with Gasteiger partial charge in [0.25, 0.3) is 0 Å². The molecule has 0 saturated heterocycles. The van der Waals surface area contributed by atoms with E-state index >= 15 is 0 Å². The van der Waals surface area contributed by atoms with Gasteiger partial charge < -0.3 is 16.8 Å². The van der Waals surface area contributed by atoms with Crippen LogP contribution in [-0.2, 0) is 6.54 Å². The van der Waals surface area contributed by atoms with E-state index in [4.69, 9.17) is 17.9 Å². The molecule has 4 nitrogen and oxygen atoms in total. The molecule has 5 N–H and O–H groups in total. The van der Waals surface area contributed by atoms with Crippen LogP contribution in [-0.4, -0.2) is 12.5 Å². The predicted molar refractivity (Wildman–Crippen MR) is 77.8 cm³/mol. The molecular weight excluding hydrogens is 259 g/mol. The van der Waals surface area contributed by atoms with Crippen LogP contribution in [0.2, 0.25) is 0 Å². The fourth-order valence-electron chi connectivity index (χ4n) is 1.09. The molecule has 0 unspecified atom stereocenters. The summed E-state index contributed by atoms with van der Waals surface area (Å²) in [5, 5.41) is 2.93. The van der Waals surface area contributed by atoms with Crippen molar-refractivity contribution in [3.8, 4) is 12.3 Å². The summed E-state index contributed by atoms with van der Waals surface area (Å²) in [4.78, 5) is 3.91. The van der Waals surface area contributed by atoms with Crippen molar-refractivity contribution < 1.29 is 0 Å². The van der Waals surface area contributed by atoms with Crippen molar-refractivity contribution in [2.24, 2.45) is 16.5 Å². The maximum atomic E-state index is 5.60. The third-order valence-corrected chi connectivity index (χ3v) is 1.78. The van der Waals surface area contributed by atoms with Crippen LogP contribution in [0.5, 0.6) is 0 Å². The molecule has 0 saturated carbocycles. The van der Waals surface area contributed by atoms with E-state index in [0.29, 0.717) is 12.5 Å². The second kappa shape index (κ2) is 9.79. The first-order chi connectivity index (χ1) is 7.26. The van der Waals surface area contributed by atoms with Gasteiger partial charge in [0, 0.05) is 12.2 Å². The van der Waals surface area contributed by atoms with Gasteiger partial charge in [-0.3, -0.25) is 0 Å². The second-order valence-electron chi connectivity index (χ2n) is 2.94. The zero-order chi connectivity index (χ0) is 11.1. The van der Waals surface area contributed by atoms with Crippen molar-refractivity contribution in [3.05, 3.63) is 29.8 Å². The first-order valence-corrected chi connectivity index (χ1v) is 4.55. The SMILES string of the molecule is C#CCN=C(N)Nc1cccc(CN)c1.Cl.Cl. The van der Waals surface area contributed by atoms with Crippen molar-refractivity contribution in [2.75, 3.05) is 11.9 Å². The van der Waals surface area contributed by atoms with Gasteiger partial charge in [-0.1, -0.05) is 18.1 Å². The average Bonchev–Trinajstić information content (AvgIpc) is 2.26. The molecule has 0 bridgehead atoms. The van der Waals surface area contributed by atoms with E-state index in [1.165, 1.54) is 0 Å². The summed E-state index contributed by atoms with van der Waals surface area (Å²) in [5.74, 6) is 2.69. The van der Waals surface area contributed by atoms with Gasteiger partial charge in [-0.05, 0) is 17.7 Å². The second-order valence-corrected chi connectivity index (χ2v) is 2.94. The highest BCUT2D eigenvalue weighted by Crippen LogP contribution is 2.09. The quantitative estimate of drug-likeness (QED) is 0.443. The van der Waals surface area contributed by atoms with Gasteiger partial charge >= 0.3 is 0 Å². The Labute approximate surface area is 114 Å². The largest absolute Gasteiger partial charge is 0.370 e. The number of guanidine groups is 1. The lowest BCUT2D eigenvalue weighted by molar-refractivity contribution is 1.07. The number of nitrogens with one attached hydrogen (secondary N) is 1. The highest BCUT2D eigenvalue weighted by Gasteiger charge is 1.95. The lowest BCUT2D eigenvalue weighted by Crippen LogP contribution is -2.22. The third-order valence-electron chi connectivity index (χ3n) is 1.78. The molecule has 0 aliphatic rings. The highest BCUT2D eigenvalue weighted by atomic mass is 35.5. The van der Waals surface area contributed by atoms with Crippen LogP contribution in [0.3, 0.4) is 0 Å². The van der Waals surface area contributed by atoms with Crippen LogP contribution in [0.15, 0.2) is 29.3 Å². The van der Waals surface area contributed by atoms with Gasteiger partial charge in [-0.15, -0.1) is 31.2 Å². The molecule has 0 aliphatic carbocycles. The van der Waals surface area contributed by atoms with Crippen LogP contribution in [0.4, 0.5) is 5.69 Å². The molecule has 1 rings (SSSR count). The standard InChI is InChI=1S/C11H14N4.2ClH/c1-2-6-14-11(13)15-10-5-3-4-9(7-10)8-12;;/h1,3-5,7H,6,8,12H2,(H3,13,14,15);2*1H. The number of aliphatic imine (C=N–C) groups is 1. The molecule has 94 valence electrons. The number of hydrogen-bond acceptors (Lipinski definition) is 2. The summed E-state index contributed by atoms with van der Waals surface area (Å²) >= 11 is 0. The van der Waals surface area contributed by atoms with E-state index in [9.17, 15) is 0 Å². The molecule has 6 heteroatoms. The lowest BCUT2D eigenvalue weighted by Gasteiger charge is -2.06. The van der Waals surface area contributed by atoms with Crippen molar-refractivity contribution >= 4 is 36.5 Å². The maximum Gasteiger partial charge on any atom is 0.194 e. The van der Waals surface area contributed by atoms with E-state index in [2.05, 4.69) is 16.2 Å². The highest BCUT2D eigenvalue weighted by molar-refractivity contribution is 5.92. The van der Waals surface area contributed by atoms with Crippen LogP contribution >= 0.6 is 24.8 Å². The summed E-state index contributed by atoms with van der Waals surface area (Å²) in [6.07, 6.45) is 5.06. The molecule has 0 atom stereocenters. The fraction of sp³-hybridized carbons (Fsp3) is 0.182. The Hall–Kier alpha value is -1.41. The van der Waals surface area contributed by atoms with Crippen LogP contribution in [0, 0.1) is 12.3 Å². The Morgan fingerprint density at radius 1 is 1.41 bits per heavy atom. The normalized spacial score (nSPS) is 9.53. The number of nitrogens with zero attached hydrogens (tertiary/aromatic N) is 1. The minimum absolute atomic E-state index is 0. The average molecular weight is 275 g/mol. The molecule has 0 spiro atoms. The first kappa shape index (κ1) is 18.0. The summed E-state index contributed by atoms with van der Waals surface area (Å²) in [7, 11) is 0. The maximum absolute atomic E-state index is 5.60. The Kier molecular flexibility index (Phi) is 10.3. The topological polar surface area (TPSA) is 76.4 Å². The molecule has 1 aromatic carbocycles. The molecule has 0 heterocycles. The molecule has 0 aliphatic heterocycles.